The molecule has 9 nitrogen and oxygen atoms in total. The number of rotatable bonds is 21. The van der Waals surface area contributed by atoms with Gasteiger partial charge in [-0.1, -0.05) is 13.3 Å². The van der Waals surface area contributed by atoms with Gasteiger partial charge in [-0.15, -0.1) is 0 Å². The lowest BCUT2D eigenvalue weighted by molar-refractivity contribution is 0.0191. The lowest BCUT2D eigenvalue weighted by atomic mass is 10.4. The van der Waals surface area contributed by atoms with Crippen molar-refractivity contribution in [3.63, 3.8) is 0 Å². The second kappa shape index (κ2) is 19.7. The fourth-order valence-electron chi connectivity index (χ4n) is 1.57. The molecule has 0 rings (SSSR count). The molecule has 0 atom stereocenters. The van der Waals surface area contributed by atoms with Gasteiger partial charge >= 0.3 is 7.82 Å². The highest BCUT2D eigenvalue weighted by Crippen LogP contribution is 2.49. The van der Waals surface area contributed by atoms with Crippen LogP contribution in [0.5, 0.6) is 0 Å². The summed E-state index contributed by atoms with van der Waals surface area (Å²) in [6.45, 7) is 5.71. The summed E-state index contributed by atoms with van der Waals surface area (Å²) in [5.74, 6) is 0. The Morgan fingerprint density at radius 1 is 0.577 bits per heavy atom. The van der Waals surface area contributed by atoms with Crippen molar-refractivity contribution >= 4 is 7.82 Å². The molecule has 0 aliphatic rings. The molecule has 0 aliphatic heterocycles. The second-order valence-electron chi connectivity index (χ2n) is 5.12. The van der Waals surface area contributed by atoms with Crippen LogP contribution in [0, 0.1) is 0 Å². The molecule has 0 aromatic heterocycles. The van der Waals surface area contributed by atoms with Gasteiger partial charge in [-0.2, -0.15) is 0 Å². The number of methoxy groups -OCH3 is 2. The molecule has 0 fully saturated rings. The van der Waals surface area contributed by atoms with Gasteiger partial charge in [0.25, 0.3) is 0 Å². The Morgan fingerprint density at radius 3 is 1.35 bits per heavy atom. The van der Waals surface area contributed by atoms with Crippen molar-refractivity contribution in [2.75, 3.05) is 86.9 Å². The number of hydrogen-bond acceptors (Lipinski definition) is 9. The molecule has 26 heavy (non-hydrogen) atoms. The fraction of sp³-hybridized carbons (Fsp3) is 1.00. The second-order valence-corrected chi connectivity index (χ2v) is 6.79. The first-order valence-corrected chi connectivity index (χ1v) is 10.4. The zero-order valence-electron chi connectivity index (χ0n) is 16.3. The first kappa shape index (κ1) is 25.9. The van der Waals surface area contributed by atoms with E-state index in [9.17, 15) is 4.57 Å². The zero-order chi connectivity index (χ0) is 19.3. The van der Waals surface area contributed by atoms with E-state index in [1.807, 2.05) is 0 Å². The maximum Gasteiger partial charge on any atom is 0.475 e. The maximum atomic E-state index is 12.6. The summed E-state index contributed by atoms with van der Waals surface area (Å²) in [7, 11) is -0.508. The highest BCUT2D eigenvalue weighted by molar-refractivity contribution is 7.48. The summed E-state index contributed by atoms with van der Waals surface area (Å²) in [6, 6.07) is 0. The Bertz CT molecular complexity index is 283. The van der Waals surface area contributed by atoms with E-state index in [-0.39, 0.29) is 33.0 Å². The lowest BCUT2D eigenvalue weighted by Gasteiger charge is -2.18. The van der Waals surface area contributed by atoms with Gasteiger partial charge in [-0.05, 0) is 6.42 Å². The van der Waals surface area contributed by atoms with Crippen LogP contribution in [0.4, 0.5) is 0 Å². The minimum Gasteiger partial charge on any atom is -0.382 e. The number of ether oxygens (including phenoxy) is 5. The van der Waals surface area contributed by atoms with Crippen LogP contribution < -0.4 is 0 Å². The summed E-state index contributed by atoms with van der Waals surface area (Å²) in [5, 5.41) is 0. The Labute approximate surface area is 157 Å². The van der Waals surface area contributed by atoms with Crippen LogP contribution in [-0.2, 0) is 41.8 Å². The fourth-order valence-corrected chi connectivity index (χ4v) is 2.69. The van der Waals surface area contributed by atoms with Crippen molar-refractivity contribution in [1.82, 2.24) is 0 Å². The Hall–Kier alpha value is -0.0900. The van der Waals surface area contributed by atoms with Crippen LogP contribution in [0.15, 0.2) is 0 Å². The van der Waals surface area contributed by atoms with Crippen LogP contribution >= 0.6 is 7.82 Å². The molecule has 0 N–H and O–H groups in total. The Balaban J connectivity index is 4.04. The van der Waals surface area contributed by atoms with E-state index < -0.39 is 7.82 Å². The predicted molar refractivity (Wildman–Crippen MR) is 96.6 cm³/mol. The van der Waals surface area contributed by atoms with E-state index in [1.165, 1.54) is 0 Å². The van der Waals surface area contributed by atoms with Gasteiger partial charge < -0.3 is 23.7 Å². The first-order valence-electron chi connectivity index (χ1n) is 8.93. The molecule has 0 amide bonds. The van der Waals surface area contributed by atoms with Crippen LogP contribution in [-0.4, -0.2) is 86.9 Å². The standard InChI is InChI=1S/C16H35O9P/c1-4-5-6-20-11-14-23-26(17,24-15-12-21-9-7-18-2)25-16-13-22-10-8-19-3/h4-16H2,1-3H3. The third-order valence-corrected chi connectivity index (χ3v) is 4.43. The summed E-state index contributed by atoms with van der Waals surface area (Å²) in [5.41, 5.74) is 0. The summed E-state index contributed by atoms with van der Waals surface area (Å²) in [6.07, 6.45) is 2.03. The smallest absolute Gasteiger partial charge is 0.382 e. The van der Waals surface area contributed by atoms with E-state index >= 15 is 0 Å². The van der Waals surface area contributed by atoms with Gasteiger partial charge in [0.1, 0.15) is 0 Å². The lowest BCUT2D eigenvalue weighted by Crippen LogP contribution is -2.13. The third kappa shape index (κ3) is 17.3. The van der Waals surface area contributed by atoms with E-state index in [1.54, 1.807) is 14.2 Å². The molecule has 0 bridgehead atoms. The molecule has 0 saturated heterocycles. The van der Waals surface area contributed by atoms with Gasteiger partial charge in [-0.25, -0.2) is 4.57 Å². The molecule has 0 spiro atoms. The maximum absolute atomic E-state index is 12.6. The predicted octanol–water partition coefficient (Wildman–Crippen LogP) is 2.29. The van der Waals surface area contributed by atoms with Gasteiger partial charge in [0.05, 0.1) is 66.1 Å². The van der Waals surface area contributed by atoms with Crippen molar-refractivity contribution in [2.24, 2.45) is 0 Å². The van der Waals surface area contributed by atoms with Crippen molar-refractivity contribution in [2.45, 2.75) is 19.8 Å². The highest BCUT2D eigenvalue weighted by atomic mass is 31.2. The van der Waals surface area contributed by atoms with Crippen molar-refractivity contribution in [1.29, 1.82) is 0 Å². The summed E-state index contributed by atoms with van der Waals surface area (Å²) >= 11 is 0. The van der Waals surface area contributed by atoms with Crippen LogP contribution in [0.3, 0.4) is 0 Å². The van der Waals surface area contributed by atoms with E-state index in [2.05, 4.69) is 6.92 Å². The third-order valence-electron chi connectivity index (χ3n) is 2.94. The van der Waals surface area contributed by atoms with Crippen LogP contribution in [0.25, 0.3) is 0 Å². The Kier molecular flexibility index (Phi) is 19.6. The molecule has 0 aromatic carbocycles. The zero-order valence-corrected chi connectivity index (χ0v) is 17.2. The van der Waals surface area contributed by atoms with Gasteiger partial charge in [0, 0.05) is 20.8 Å². The molecular weight excluding hydrogens is 367 g/mol. The minimum atomic E-state index is -3.69. The van der Waals surface area contributed by atoms with Gasteiger partial charge in [0.15, 0.2) is 0 Å². The largest absolute Gasteiger partial charge is 0.475 e. The van der Waals surface area contributed by atoms with E-state index in [0.717, 1.165) is 12.8 Å². The molecule has 10 heteroatoms. The van der Waals surface area contributed by atoms with Crippen molar-refractivity contribution < 1.29 is 41.8 Å². The topological polar surface area (TPSA) is 90.9 Å². The minimum absolute atomic E-state index is 0.0855. The number of phosphoric acid groups is 1. The first-order chi connectivity index (χ1) is 12.7. The average Bonchev–Trinajstić information content (AvgIpc) is 2.64. The molecule has 0 radical (unpaired) electrons. The molecular formula is C16H35O9P. The van der Waals surface area contributed by atoms with Gasteiger partial charge in [0.2, 0.25) is 0 Å². The summed E-state index contributed by atoms with van der Waals surface area (Å²) in [4.78, 5) is 0. The highest BCUT2D eigenvalue weighted by Gasteiger charge is 2.26. The molecule has 0 heterocycles. The Morgan fingerprint density at radius 2 is 0.962 bits per heavy atom. The molecule has 0 saturated carbocycles. The number of hydrogen-bond donors (Lipinski definition) is 0. The quantitative estimate of drug-likeness (QED) is 0.212. The van der Waals surface area contributed by atoms with Gasteiger partial charge in [-0.3, -0.25) is 13.6 Å². The van der Waals surface area contributed by atoms with Crippen LogP contribution in [0.2, 0.25) is 0 Å². The average molecular weight is 402 g/mol. The molecule has 0 aliphatic carbocycles. The summed E-state index contributed by atoms with van der Waals surface area (Å²) < 4.78 is 54.1. The van der Waals surface area contributed by atoms with Crippen molar-refractivity contribution in [3.05, 3.63) is 0 Å². The molecule has 0 unspecified atom stereocenters. The monoisotopic (exact) mass is 402 g/mol. The molecule has 0 aromatic rings. The normalized spacial score (nSPS) is 12.0. The number of phosphoric ester groups is 1. The van der Waals surface area contributed by atoms with E-state index in [4.69, 9.17) is 37.3 Å². The van der Waals surface area contributed by atoms with E-state index in [0.29, 0.717) is 39.6 Å². The number of unbranched alkanes of at least 4 members (excludes halogenated alkanes) is 1. The van der Waals surface area contributed by atoms with Crippen molar-refractivity contribution in [3.8, 4) is 0 Å². The van der Waals surface area contributed by atoms with Crippen LogP contribution in [0.1, 0.15) is 19.8 Å². The SMILES string of the molecule is CCCCOCCOP(=O)(OCCOCCOC)OCCOCCOC. The molecule has 158 valence electrons.